The van der Waals surface area contributed by atoms with Gasteiger partial charge in [0.15, 0.2) is 0 Å². The van der Waals surface area contributed by atoms with E-state index in [4.69, 9.17) is 8.74 Å². The summed E-state index contributed by atoms with van der Waals surface area (Å²) in [6.07, 6.45) is -5.32. The van der Waals surface area contributed by atoms with Crippen LogP contribution in [0.2, 0.25) is 0 Å². The Bertz CT molecular complexity index is 634. The number of hydrogen-bond donors (Lipinski definition) is 2. The molecule has 0 bridgehead atoms. The number of hydrogen-bond acceptors (Lipinski definition) is 5. The van der Waals surface area contributed by atoms with E-state index in [-0.39, 0.29) is 4.90 Å². The molecule has 0 atom stereocenters. The van der Waals surface area contributed by atoms with Crippen LogP contribution < -0.4 is 0 Å². The predicted octanol–water partition coefficient (Wildman–Crippen LogP) is 1.05. The molecule has 0 fully saturated rings. The number of rotatable bonds is 2. The van der Waals surface area contributed by atoms with Crippen molar-refractivity contribution < 1.29 is 41.8 Å². The van der Waals surface area contributed by atoms with Gasteiger partial charge in [-0.15, -0.1) is 0 Å². The van der Waals surface area contributed by atoms with Crippen molar-refractivity contribution in [2.24, 2.45) is 0 Å². The van der Waals surface area contributed by atoms with Gasteiger partial charge in [0.05, 0.1) is 4.90 Å². The molecule has 0 saturated carbocycles. The van der Waals surface area contributed by atoms with E-state index >= 15 is 0 Å². The average Bonchev–Trinajstić information content (AvgIpc) is 2.11. The maximum atomic E-state index is 10.8. The SMILES string of the molecule is Cc1ccc(S(=O)(=O)O)cc1.O=[Se](=O)(O)OC(F)(F)F. The molecular weight excluding hydrogens is 376 g/mol. The zero-order valence-corrected chi connectivity index (χ0v) is 12.2. The van der Waals surface area contributed by atoms with Gasteiger partial charge in [-0.05, 0) is 19.1 Å². The van der Waals surface area contributed by atoms with E-state index in [0.717, 1.165) is 5.56 Å². The van der Waals surface area contributed by atoms with Gasteiger partial charge in [0.1, 0.15) is 0 Å². The third kappa shape index (κ3) is 9.83. The van der Waals surface area contributed by atoms with E-state index < -0.39 is 29.8 Å². The number of aryl methyl sites for hydroxylation is 1. The monoisotopic (exact) mass is 386 g/mol. The molecule has 0 amide bonds. The summed E-state index contributed by atoms with van der Waals surface area (Å²) in [5.41, 5.74) is 0.956. The van der Waals surface area contributed by atoms with Gasteiger partial charge in [0.2, 0.25) is 0 Å². The third-order valence-electron chi connectivity index (χ3n) is 1.52. The normalized spacial score (nSPS) is 12.5. The topological polar surface area (TPSA) is 118 Å². The minimum absolute atomic E-state index is 0.0666. The van der Waals surface area contributed by atoms with Crippen LogP contribution in [0.5, 0.6) is 0 Å². The maximum absolute atomic E-state index is 10.8. The Morgan fingerprint density at radius 2 is 1.55 bits per heavy atom. The van der Waals surface area contributed by atoms with Crippen molar-refractivity contribution >= 4 is 23.5 Å². The first-order valence-corrected chi connectivity index (χ1v) is 8.80. The van der Waals surface area contributed by atoms with Crippen LogP contribution in [-0.4, -0.2) is 36.9 Å². The fourth-order valence-corrected chi connectivity index (χ4v) is 1.81. The fourth-order valence-electron chi connectivity index (χ4n) is 0.830. The summed E-state index contributed by atoms with van der Waals surface area (Å²) in [6.45, 7) is 1.84. The van der Waals surface area contributed by atoms with Gasteiger partial charge in [-0.2, -0.15) is 8.42 Å². The first-order valence-electron chi connectivity index (χ1n) is 4.50. The second-order valence-corrected chi connectivity index (χ2v) is 6.81. The molecule has 0 aliphatic rings. The predicted molar refractivity (Wildman–Crippen MR) is 57.5 cm³/mol. The Kier molecular flexibility index (Phi) is 6.26. The molecule has 0 aromatic heterocycles. The quantitative estimate of drug-likeness (QED) is 0.577. The van der Waals surface area contributed by atoms with E-state index in [0.29, 0.717) is 0 Å². The summed E-state index contributed by atoms with van der Waals surface area (Å²) >= 11 is -6.08. The molecule has 0 spiro atoms. The van der Waals surface area contributed by atoms with Crippen molar-refractivity contribution in [1.82, 2.24) is 0 Å². The molecule has 12 heteroatoms. The molecule has 0 aliphatic carbocycles. The van der Waals surface area contributed by atoms with Crippen LogP contribution in [0.3, 0.4) is 0 Å². The van der Waals surface area contributed by atoms with Gasteiger partial charge in [-0.25, -0.2) is 0 Å². The van der Waals surface area contributed by atoms with Gasteiger partial charge in [0, 0.05) is 0 Å². The fraction of sp³-hybridized carbons (Fsp3) is 0.250. The van der Waals surface area contributed by atoms with Gasteiger partial charge < -0.3 is 0 Å². The number of benzene rings is 1. The molecular formula is C8H9F3O7SSe. The summed E-state index contributed by atoms with van der Waals surface area (Å²) in [5.74, 6) is 0. The van der Waals surface area contributed by atoms with Crippen LogP contribution in [0.25, 0.3) is 0 Å². The van der Waals surface area contributed by atoms with Crippen LogP contribution in [0.1, 0.15) is 5.56 Å². The van der Waals surface area contributed by atoms with Crippen LogP contribution >= 0.6 is 0 Å². The first kappa shape index (κ1) is 19.0. The Morgan fingerprint density at radius 1 is 1.15 bits per heavy atom. The molecule has 0 saturated heterocycles. The zero-order valence-electron chi connectivity index (χ0n) is 9.70. The number of alkyl halides is 3. The van der Waals surface area contributed by atoms with Crippen molar-refractivity contribution in [3.05, 3.63) is 29.8 Å². The second-order valence-electron chi connectivity index (χ2n) is 3.24. The first-order chi connectivity index (χ1) is 8.71. The Morgan fingerprint density at radius 3 is 1.75 bits per heavy atom. The van der Waals surface area contributed by atoms with Crippen LogP contribution in [0.4, 0.5) is 13.2 Å². The van der Waals surface area contributed by atoms with Gasteiger partial charge in [0.25, 0.3) is 10.1 Å². The minimum atomic E-state index is -6.08. The van der Waals surface area contributed by atoms with Gasteiger partial charge in [-0.1, -0.05) is 17.7 Å². The molecule has 1 aromatic rings. The van der Waals surface area contributed by atoms with Crippen molar-refractivity contribution in [2.45, 2.75) is 18.2 Å². The molecule has 0 aliphatic heterocycles. The van der Waals surface area contributed by atoms with E-state index in [1.807, 2.05) is 6.92 Å². The van der Waals surface area contributed by atoms with Gasteiger partial charge in [-0.3, -0.25) is 4.55 Å². The second kappa shape index (κ2) is 6.61. The Balaban J connectivity index is 0.000000370. The Hall–Kier alpha value is -1.04. The molecule has 0 unspecified atom stereocenters. The number of halogens is 3. The average molecular weight is 385 g/mol. The van der Waals surface area contributed by atoms with Crippen LogP contribution in [0.15, 0.2) is 29.2 Å². The molecule has 20 heavy (non-hydrogen) atoms. The molecule has 7 nitrogen and oxygen atoms in total. The van der Waals surface area contributed by atoms with E-state index in [9.17, 15) is 29.3 Å². The van der Waals surface area contributed by atoms with E-state index in [1.54, 1.807) is 12.1 Å². The molecule has 1 aromatic carbocycles. The molecule has 2 N–H and O–H groups in total. The van der Waals surface area contributed by atoms with Crippen molar-refractivity contribution in [3.63, 3.8) is 0 Å². The van der Waals surface area contributed by atoms with Crippen molar-refractivity contribution in [3.8, 4) is 0 Å². The summed E-state index contributed by atoms with van der Waals surface area (Å²) in [6, 6.07) is 5.99. The summed E-state index contributed by atoms with van der Waals surface area (Å²) in [7, 11) is -4.02. The molecule has 0 heterocycles. The Labute approximate surface area is 114 Å². The third-order valence-corrected chi connectivity index (χ3v) is 3.22. The summed E-state index contributed by atoms with van der Waals surface area (Å²) in [5, 5.41) is 0. The standard InChI is InChI=1S/C7H8O3S.CHF3O4Se/c1-6-2-4-7(5-3-6)11(8,9)10;2-1(3,4)8-9(5,6)7/h2-5H,1H3,(H,8,9,10);(H,5,6,7). The van der Waals surface area contributed by atoms with Crippen LogP contribution in [0, 0.1) is 6.92 Å². The summed E-state index contributed by atoms with van der Waals surface area (Å²) in [4.78, 5) is -0.0666. The van der Waals surface area contributed by atoms with Gasteiger partial charge >= 0.3 is 48.6 Å². The molecule has 116 valence electrons. The molecule has 1 rings (SSSR count). The van der Waals surface area contributed by atoms with E-state index in [1.165, 1.54) is 12.1 Å². The molecule has 0 radical (unpaired) electrons. The summed E-state index contributed by atoms with van der Waals surface area (Å²) < 4.78 is 90.3. The van der Waals surface area contributed by atoms with Crippen molar-refractivity contribution in [1.29, 1.82) is 0 Å². The van der Waals surface area contributed by atoms with E-state index in [2.05, 4.69) is 3.82 Å². The van der Waals surface area contributed by atoms with Crippen molar-refractivity contribution in [2.75, 3.05) is 0 Å². The van der Waals surface area contributed by atoms with Crippen LogP contribution in [-0.2, 0) is 21.6 Å². The zero-order chi connectivity index (χ0) is 16.2.